The molecule has 0 aliphatic carbocycles. The minimum atomic E-state index is 0.399. The molecule has 0 atom stereocenters. The van der Waals surface area contributed by atoms with E-state index in [0.717, 1.165) is 24.2 Å². The van der Waals surface area contributed by atoms with Gasteiger partial charge in [0.05, 0.1) is 0 Å². The third kappa shape index (κ3) is 1.52. The van der Waals surface area contributed by atoms with Gasteiger partial charge in [0.2, 0.25) is 0 Å². The molecule has 0 bridgehead atoms. The van der Waals surface area contributed by atoms with Gasteiger partial charge in [0.25, 0.3) is 0 Å². The van der Waals surface area contributed by atoms with Crippen LogP contribution < -0.4 is 5.32 Å². The molecular formula is C10H12ClNO. The molecule has 1 saturated heterocycles. The van der Waals surface area contributed by atoms with Crippen molar-refractivity contribution in [1.82, 2.24) is 5.32 Å². The average Bonchev–Trinajstić information content (AvgIpc) is 1.95. The van der Waals surface area contributed by atoms with E-state index < -0.39 is 0 Å². The van der Waals surface area contributed by atoms with Gasteiger partial charge in [-0.3, -0.25) is 0 Å². The lowest BCUT2D eigenvalue weighted by atomic mass is 9.91. The molecule has 0 unspecified atom stereocenters. The zero-order valence-corrected chi connectivity index (χ0v) is 8.23. The van der Waals surface area contributed by atoms with Gasteiger partial charge in [-0.25, -0.2) is 0 Å². The molecule has 0 saturated carbocycles. The Hall–Kier alpha value is -0.730. The summed E-state index contributed by atoms with van der Waals surface area (Å²) in [5.41, 5.74) is 1.83. The highest BCUT2D eigenvalue weighted by atomic mass is 35.5. The summed E-state index contributed by atoms with van der Waals surface area (Å²) in [6, 6.07) is 3.64. The summed E-state index contributed by atoms with van der Waals surface area (Å²) in [7, 11) is 0. The largest absolute Gasteiger partial charge is 0.507 e. The van der Waals surface area contributed by atoms with Crippen molar-refractivity contribution in [3.8, 4) is 5.75 Å². The highest BCUT2D eigenvalue weighted by Gasteiger charge is 2.22. The summed E-state index contributed by atoms with van der Waals surface area (Å²) >= 11 is 5.92. The standard InChI is InChI=1S/C10H12ClNO/c1-6-2-8(11)3-9(10(6)13)7-4-12-5-7/h2-3,7,12-13H,4-5H2,1H3. The number of rotatable bonds is 1. The number of hydrogen-bond acceptors (Lipinski definition) is 2. The number of aromatic hydroxyl groups is 1. The van der Waals surface area contributed by atoms with E-state index in [1.54, 1.807) is 6.07 Å². The third-order valence-corrected chi connectivity index (χ3v) is 2.73. The van der Waals surface area contributed by atoms with E-state index in [9.17, 15) is 5.11 Å². The van der Waals surface area contributed by atoms with E-state index in [0.29, 0.717) is 16.7 Å². The van der Waals surface area contributed by atoms with E-state index in [4.69, 9.17) is 11.6 Å². The molecule has 2 N–H and O–H groups in total. The first-order chi connectivity index (χ1) is 6.18. The zero-order chi connectivity index (χ0) is 9.42. The molecule has 0 amide bonds. The summed E-state index contributed by atoms with van der Waals surface area (Å²) in [6.07, 6.45) is 0. The first-order valence-corrected chi connectivity index (χ1v) is 4.76. The second kappa shape index (κ2) is 3.20. The number of hydrogen-bond donors (Lipinski definition) is 2. The molecule has 0 radical (unpaired) electrons. The zero-order valence-electron chi connectivity index (χ0n) is 7.47. The van der Waals surface area contributed by atoms with Crippen molar-refractivity contribution in [2.45, 2.75) is 12.8 Å². The van der Waals surface area contributed by atoms with Gasteiger partial charge in [-0.15, -0.1) is 0 Å². The predicted molar refractivity (Wildman–Crippen MR) is 53.5 cm³/mol. The minimum absolute atomic E-state index is 0.399. The van der Waals surface area contributed by atoms with Crippen LogP contribution in [-0.4, -0.2) is 18.2 Å². The highest BCUT2D eigenvalue weighted by Crippen LogP contribution is 2.33. The Labute approximate surface area is 82.5 Å². The second-order valence-corrected chi connectivity index (χ2v) is 3.95. The molecule has 1 aromatic rings. The van der Waals surface area contributed by atoms with Gasteiger partial charge in [-0.05, 0) is 24.6 Å². The first kappa shape index (κ1) is 8.85. The molecule has 2 rings (SSSR count). The Bertz CT molecular complexity index is 334. The fourth-order valence-corrected chi connectivity index (χ4v) is 1.86. The van der Waals surface area contributed by atoms with Gasteiger partial charge in [-0.1, -0.05) is 11.6 Å². The maximum atomic E-state index is 9.77. The van der Waals surface area contributed by atoms with Crippen LogP contribution in [0.2, 0.25) is 5.02 Å². The van der Waals surface area contributed by atoms with Crippen LogP contribution in [-0.2, 0) is 0 Å². The normalized spacial score (nSPS) is 17.1. The summed E-state index contributed by atoms with van der Waals surface area (Å²) in [5, 5.41) is 13.6. The van der Waals surface area contributed by atoms with Crippen LogP contribution in [0.4, 0.5) is 0 Å². The Balaban J connectivity index is 2.42. The van der Waals surface area contributed by atoms with Crippen LogP contribution >= 0.6 is 11.6 Å². The Morgan fingerprint density at radius 1 is 1.46 bits per heavy atom. The molecule has 13 heavy (non-hydrogen) atoms. The van der Waals surface area contributed by atoms with Gasteiger partial charge >= 0.3 is 0 Å². The van der Waals surface area contributed by atoms with Gasteiger partial charge < -0.3 is 10.4 Å². The summed E-state index contributed by atoms with van der Waals surface area (Å²) in [5.74, 6) is 0.827. The quantitative estimate of drug-likeness (QED) is 0.722. The lowest BCUT2D eigenvalue weighted by Gasteiger charge is -2.28. The van der Waals surface area contributed by atoms with Crippen LogP contribution in [0.5, 0.6) is 5.75 Å². The maximum Gasteiger partial charge on any atom is 0.122 e. The van der Waals surface area contributed by atoms with Gasteiger partial charge in [-0.2, -0.15) is 0 Å². The lowest BCUT2D eigenvalue weighted by Crippen LogP contribution is -2.39. The fourth-order valence-electron chi connectivity index (χ4n) is 1.58. The van der Waals surface area contributed by atoms with Crippen molar-refractivity contribution in [3.05, 3.63) is 28.3 Å². The van der Waals surface area contributed by atoms with Crippen molar-refractivity contribution < 1.29 is 5.11 Å². The summed E-state index contributed by atoms with van der Waals surface area (Å²) in [6.45, 7) is 3.75. The van der Waals surface area contributed by atoms with Gasteiger partial charge in [0.15, 0.2) is 0 Å². The van der Waals surface area contributed by atoms with E-state index in [2.05, 4.69) is 5.32 Å². The predicted octanol–water partition coefficient (Wildman–Crippen LogP) is 2.04. The number of halogens is 1. The van der Waals surface area contributed by atoms with Crippen molar-refractivity contribution in [2.24, 2.45) is 0 Å². The Morgan fingerprint density at radius 2 is 2.15 bits per heavy atom. The lowest BCUT2D eigenvalue weighted by molar-refractivity contribution is 0.411. The molecule has 0 aromatic heterocycles. The van der Waals surface area contributed by atoms with Crippen LogP contribution in [0.15, 0.2) is 12.1 Å². The summed E-state index contributed by atoms with van der Waals surface area (Å²) in [4.78, 5) is 0. The van der Waals surface area contributed by atoms with Crippen LogP contribution in [0.3, 0.4) is 0 Å². The molecule has 1 aromatic carbocycles. The van der Waals surface area contributed by atoms with Crippen LogP contribution in [0.25, 0.3) is 0 Å². The monoisotopic (exact) mass is 197 g/mol. The molecule has 0 spiro atoms. The number of nitrogens with one attached hydrogen (secondary N) is 1. The van der Waals surface area contributed by atoms with Gasteiger partial charge in [0, 0.05) is 29.6 Å². The topological polar surface area (TPSA) is 32.3 Å². The molecule has 1 aliphatic rings. The van der Waals surface area contributed by atoms with Crippen LogP contribution in [0, 0.1) is 6.92 Å². The maximum absolute atomic E-state index is 9.77. The molecule has 1 aliphatic heterocycles. The molecular weight excluding hydrogens is 186 g/mol. The number of aryl methyl sites for hydroxylation is 1. The van der Waals surface area contributed by atoms with Crippen LogP contribution in [0.1, 0.15) is 17.0 Å². The number of phenolic OH excluding ortho intramolecular Hbond substituents is 1. The molecule has 1 fully saturated rings. The van der Waals surface area contributed by atoms with Crippen molar-refractivity contribution in [2.75, 3.05) is 13.1 Å². The molecule has 1 heterocycles. The van der Waals surface area contributed by atoms with E-state index in [1.165, 1.54) is 0 Å². The molecule has 70 valence electrons. The number of phenols is 1. The second-order valence-electron chi connectivity index (χ2n) is 3.52. The summed E-state index contributed by atoms with van der Waals surface area (Å²) < 4.78 is 0. The smallest absolute Gasteiger partial charge is 0.122 e. The average molecular weight is 198 g/mol. The van der Waals surface area contributed by atoms with Gasteiger partial charge in [0.1, 0.15) is 5.75 Å². The van der Waals surface area contributed by atoms with Crippen molar-refractivity contribution >= 4 is 11.6 Å². The fraction of sp³-hybridized carbons (Fsp3) is 0.400. The number of benzene rings is 1. The van der Waals surface area contributed by atoms with Crippen molar-refractivity contribution in [3.63, 3.8) is 0 Å². The molecule has 2 nitrogen and oxygen atoms in total. The SMILES string of the molecule is Cc1cc(Cl)cc(C2CNC2)c1O. The van der Waals surface area contributed by atoms with E-state index >= 15 is 0 Å². The molecule has 3 heteroatoms. The Kier molecular flexibility index (Phi) is 2.18. The van der Waals surface area contributed by atoms with E-state index in [-0.39, 0.29) is 0 Å². The van der Waals surface area contributed by atoms with E-state index in [1.807, 2.05) is 13.0 Å². The van der Waals surface area contributed by atoms with Crippen molar-refractivity contribution in [1.29, 1.82) is 0 Å². The first-order valence-electron chi connectivity index (χ1n) is 4.38. The Morgan fingerprint density at radius 3 is 2.69 bits per heavy atom. The minimum Gasteiger partial charge on any atom is -0.507 e. The highest BCUT2D eigenvalue weighted by molar-refractivity contribution is 6.30. The third-order valence-electron chi connectivity index (χ3n) is 2.52.